The van der Waals surface area contributed by atoms with Crippen molar-refractivity contribution in [2.75, 3.05) is 13.6 Å². The smallest absolute Gasteiger partial charge is 0.0359 e. The summed E-state index contributed by atoms with van der Waals surface area (Å²) in [5, 5.41) is 3.69. The number of piperidine rings is 2. The Morgan fingerprint density at radius 1 is 1.60 bits per heavy atom. The van der Waals surface area contributed by atoms with Gasteiger partial charge in [-0.05, 0) is 26.3 Å². The lowest BCUT2D eigenvalue weighted by molar-refractivity contribution is 0.178. The van der Waals surface area contributed by atoms with Gasteiger partial charge < -0.3 is 5.32 Å². The number of fused-ring (bicyclic) bond motifs is 1. The van der Waals surface area contributed by atoms with Crippen LogP contribution in [0.2, 0.25) is 0 Å². The highest BCUT2D eigenvalue weighted by atomic mass is 15.4. The van der Waals surface area contributed by atoms with Crippen molar-refractivity contribution < 1.29 is 0 Å². The fraction of sp³-hybridized carbons (Fsp3) is 1.00. The molecule has 1 N–H and O–H groups in total. The van der Waals surface area contributed by atoms with Crippen molar-refractivity contribution in [1.29, 1.82) is 0 Å². The standard InChI is InChI=1S/C8H14N2/c1-8-6-3-5(9-8)4-10(2)7(6)8/h5-7,9H,3-4H2,1-2H3. The third-order valence-electron chi connectivity index (χ3n) is 3.69. The van der Waals surface area contributed by atoms with Crippen molar-refractivity contribution in [1.82, 2.24) is 10.2 Å². The highest BCUT2D eigenvalue weighted by Gasteiger charge is 2.70. The molecule has 4 fully saturated rings. The predicted molar refractivity (Wildman–Crippen MR) is 39.9 cm³/mol. The Balaban J connectivity index is 1.99. The van der Waals surface area contributed by atoms with Crippen molar-refractivity contribution in [2.24, 2.45) is 5.92 Å². The fourth-order valence-corrected chi connectivity index (χ4v) is 3.30. The molecule has 0 amide bonds. The van der Waals surface area contributed by atoms with Gasteiger partial charge >= 0.3 is 0 Å². The Kier molecular flexibility index (Phi) is 0.710. The van der Waals surface area contributed by atoms with E-state index in [9.17, 15) is 0 Å². The SMILES string of the molecule is CN1CC2CC3C1C3(C)N2. The molecule has 4 bridgehead atoms. The average molecular weight is 138 g/mol. The summed E-state index contributed by atoms with van der Waals surface area (Å²) < 4.78 is 0. The number of piperazine rings is 1. The van der Waals surface area contributed by atoms with Crippen molar-refractivity contribution >= 4 is 0 Å². The van der Waals surface area contributed by atoms with Crippen LogP contribution in [0.25, 0.3) is 0 Å². The van der Waals surface area contributed by atoms with Gasteiger partial charge in [0.05, 0.1) is 0 Å². The van der Waals surface area contributed by atoms with E-state index in [0.29, 0.717) is 5.54 Å². The molecule has 4 aliphatic rings. The molecular weight excluding hydrogens is 124 g/mol. The molecule has 0 aromatic carbocycles. The van der Waals surface area contributed by atoms with E-state index in [1.165, 1.54) is 13.0 Å². The molecule has 3 saturated heterocycles. The van der Waals surface area contributed by atoms with Crippen molar-refractivity contribution in [2.45, 2.75) is 31.0 Å². The Morgan fingerprint density at radius 2 is 2.40 bits per heavy atom. The average Bonchev–Trinajstić information content (AvgIpc) is 2.28. The van der Waals surface area contributed by atoms with E-state index in [2.05, 4.69) is 24.2 Å². The van der Waals surface area contributed by atoms with Crippen LogP contribution in [0.4, 0.5) is 0 Å². The van der Waals surface area contributed by atoms with Gasteiger partial charge in [-0.3, -0.25) is 4.90 Å². The van der Waals surface area contributed by atoms with Crippen LogP contribution in [-0.4, -0.2) is 36.1 Å². The molecule has 0 aromatic heterocycles. The van der Waals surface area contributed by atoms with Crippen LogP contribution < -0.4 is 5.32 Å². The zero-order chi connectivity index (χ0) is 6.93. The maximum Gasteiger partial charge on any atom is 0.0359 e. The van der Waals surface area contributed by atoms with E-state index in [0.717, 1.165) is 18.0 Å². The highest BCUT2D eigenvalue weighted by molar-refractivity contribution is 5.29. The lowest BCUT2D eigenvalue weighted by Gasteiger charge is -2.34. The normalized spacial score (nSPS) is 64.8. The molecule has 0 radical (unpaired) electrons. The van der Waals surface area contributed by atoms with E-state index < -0.39 is 0 Å². The van der Waals surface area contributed by atoms with E-state index in [1.807, 2.05) is 0 Å². The van der Waals surface area contributed by atoms with E-state index in [-0.39, 0.29) is 0 Å². The first-order chi connectivity index (χ1) is 4.72. The van der Waals surface area contributed by atoms with Crippen LogP contribution in [0.5, 0.6) is 0 Å². The van der Waals surface area contributed by atoms with Gasteiger partial charge in [-0.2, -0.15) is 0 Å². The van der Waals surface area contributed by atoms with Crippen LogP contribution >= 0.6 is 0 Å². The number of nitrogens with zero attached hydrogens (tertiary/aromatic N) is 1. The second kappa shape index (κ2) is 1.28. The fourth-order valence-electron chi connectivity index (χ4n) is 3.30. The molecule has 3 heterocycles. The molecule has 0 spiro atoms. The van der Waals surface area contributed by atoms with Gasteiger partial charge in [0.2, 0.25) is 0 Å². The Bertz CT molecular complexity index is 190. The van der Waals surface area contributed by atoms with Gasteiger partial charge in [0.1, 0.15) is 0 Å². The predicted octanol–water partition coefficient (Wildman–Crippen LogP) is 0.0508. The van der Waals surface area contributed by atoms with Gasteiger partial charge in [-0.15, -0.1) is 0 Å². The molecule has 4 atom stereocenters. The van der Waals surface area contributed by atoms with Gasteiger partial charge in [0.15, 0.2) is 0 Å². The molecule has 1 saturated carbocycles. The quantitative estimate of drug-likeness (QED) is 0.509. The first-order valence-corrected chi connectivity index (χ1v) is 4.20. The van der Waals surface area contributed by atoms with Crippen LogP contribution in [0.15, 0.2) is 0 Å². The molecule has 10 heavy (non-hydrogen) atoms. The summed E-state index contributed by atoms with van der Waals surface area (Å²) in [6.45, 7) is 3.65. The number of nitrogens with one attached hydrogen (secondary N) is 1. The largest absolute Gasteiger partial charge is 0.306 e. The van der Waals surface area contributed by atoms with E-state index in [1.54, 1.807) is 0 Å². The second-order valence-corrected chi connectivity index (χ2v) is 4.35. The lowest BCUT2D eigenvalue weighted by Crippen LogP contribution is -2.53. The molecule has 1 aliphatic carbocycles. The number of hydrogen-bond acceptors (Lipinski definition) is 2. The van der Waals surface area contributed by atoms with E-state index >= 15 is 0 Å². The maximum absolute atomic E-state index is 3.69. The third-order valence-corrected chi connectivity index (χ3v) is 3.69. The Morgan fingerprint density at radius 3 is 2.70 bits per heavy atom. The molecule has 56 valence electrons. The van der Waals surface area contributed by atoms with Crippen LogP contribution in [-0.2, 0) is 0 Å². The molecule has 4 unspecified atom stereocenters. The first-order valence-electron chi connectivity index (χ1n) is 4.20. The van der Waals surface area contributed by atoms with Crippen molar-refractivity contribution in [3.05, 3.63) is 0 Å². The first kappa shape index (κ1) is 5.56. The zero-order valence-corrected chi connectivity index (χ0v) is 6.59. The molecule has 2 nitrogen and oxygen atoms in total. The number of hydrogen-bond donors (Lipinski definition) is 1. The molecule has 3 aliphatic heterocycles. The van der Waals surface area contributed by atoms with Crippen molar-refractivity contribution in [3.63, 3.8) is 0 Å². The molecule has 0 aromatic rings. The van der Waals surface area contributed by atoms with Crippen LogP contribution in [0, 0.1) is 5.92 Å². The third kappa shape index (κ3) is 0.397. The van der Waals surface area contributed by atoms with Crippen molar-refractivity contribution in [3.8, 4) is 0 Å². The molecular formula is C8H14N2. The van der Waals surface area contributed by atoms with Gasteiger partial charge in [-0.25, -0.2) is 0 Å². The highest BCUT2D eigenvalue weighted by Crippen LogP contribution is 2.57. The monoisotopic (exact) mass is 138 g/mol. The summed E-state index contributed by atoms with van der Waals surface area (Å²) in [4.78, 5) is 2.52. The summed E-state index contributed by atoms with van der Waals surface area (Å²) >= 11 is 0. The molecule has 4 rings (SSSR count). The second-order valence-electron chi connectivity index (χ2n) is 4.35. The summed E-state index contributed by atoms with van der Waals surface area (Å²) in [5.41, 5.74) is 0.525. The topological polar surface area (TPSA) is 15.3 Å². The van der Waals surface area contributed by atoms with Crippen LogP contribution in [0.3, 0.4) is 0 Å². The van der Waals surface area contributed by atoms with Crippen LogP contribution in [0.1, 0.15) is 13.3 Å². The molecule has 2 heteroatoms. The van der Waals surface area contributed by atoms with E-state index in [4.69, 9.17) is 0 Å². The summed E-state index contributed by atoms with van der Waals surface area (Å²) in [7, 11) is 2.26. The maximum atomic E-state index is 3.69. The summed E-state index contributed by atoms with van der Waals surface area (Å²) in [5.74, 6) is 0.983. The Hall–Kier alpha value is -0.0800. The van der Waals surface area contributed by atoms with Gasteiger partial charge in [0.25, 0.3) is 0 Å². The minimum absolute atomic E-state index is 0.525. The zero-order valence-electron chi connectivity index (χ0n) is 6.59. The lowest BCUT2D eigenvalue weighted by atomic mass is 10.1. The minimum Gasteiger partial charge on any atom is -0.306 e. The number of rotatable bonds is 0. The van der Waals surface area contributed by atoms with Gasteiger partial charge in [-0.1, -0.05) is 0 Å². The summed E-state index contributed by atoms with van der Waals surface area (Å²) in [6.07, 6.45) is 1.44. The number of likely N-dealkylation sites (N-methyl/N-ethyl adjacent to an activating group) is 1. The Labute approximate surface area is 61.6 Å². The summed E-state index contributed by atoms with van der Waals surface area (Å²) in [6, 6.07) is 1.68. The van der Waals surface area contributed by atoms with Gasteiger partial charge in [0, 0.05) is 24.2 Å². The minimum atomic E-state index is 0.525.